The Morgan fingerprint density at radius 3 is 1.69 bits per heavy atom. The third-order valence-electron chi connectivity index (χ3n) is 7.33. The smallest absolute Gasteiger partial charge is 0.328 e. The standard InChI is InChI=1S/C17H19N5O4.C16H17N5O4/c1-24-7-8-26-16-20-14(18)13-15(21-16)22(17(19-13)25-2)9-11-3-5-12(10-23)6-4-11;1-24-6-7-25-15-19-13(17)12-14(20-15)21(16(23)18-12)8-10-2-4-11(9-22)5-3-10/h3-6,10H,7-9H2,1-2H3,(H2,18,20,21);2-5,9H,6-8H2,1H3,(H,18,23)(H2,17,19,20). The van der Waals surface area contributed by atoms with Crippen LogP contribution in [0.5, 0.6) is 18.0 Å². The fraction of sp³-hybridized carbons (Fsp3) is 0.273. The van der Waals surface area contributed by atoms with Crippen LogP contribution in [0.25, 0.3) is 22.3 Å². The molecule has 2 aromatic carbocycles. The second-order valence-electron chi connectivity index (χ2n) is 10.8. The molecule has 18 heteroatoms. The van der Waals surface area contributed by atoms with E-state index in [9.17, 15) is 14.4 Å². The Balaban J connectivity index is 0.000000198. The molecule has 0 radical (unpaired) electrons. The van der Waals surface area contributed by atoms with Crippen molar-refractivity contribution in [3.63, 3.8) is 0 Å². The van der Waals surface area contributed by atoms with Gasteiger partial charge < -0.3 is 40.1 Å². The van der Waals surface area contributed by atoms with Gasteiger partial charge in [0.2, 0.25) is 0 Å². The average molecular weight is 701 g/mol. The summed E-state index contributed by atoms with van der Waals surface area (Å²) in [6, 6.07) is 14.7. The molecular formula is C33H36N10O8. The summed E-state index contributed by atoms with van der Waals surface area (Å²) < 4.78 is 29.3. The number of nitrogens with zero attached hydrogens (tertiary/aromatic N) is 7. The Hall–Kier alpha value is -6.40. The third-order valence-corrected chi connectivity index (χ3v) is 7.33. The van der Waals surface area contributed by atoms with E-state index in [1.54, 1.807) is 55.2 Å². The number of anilines is 2. The molecule has 0 aliphatic carbocycles. The highest BCUT2D eigenvalue weighted by Crippen LogP contribution is 2.26. The maximum atomic E-state index is 12.3. The van der Waals surface area contributed by atoms with Gasteiger partial charge in [-0.05, 0) is 11.1 Å². The van der Waals surface area contributed by atoms with Gasteiger partial charge in [0.15, 0.2) is 28.4 Å². The van der Waals surface area contributed by atoms with Crippen LogP contribution in [0.3, 0.4) is 0 Å². The van der Waals surface area contributed by atoms with E-state index in [-0.39, 0.29) is 42.5 Å². The highest BCUT2D eigenvalue weighted by atomic mass is 16.5. The summed E-state index contributed by atoms with van der Waals surface area (Å²) >= 11 is 0. The zero-order valence-electron chi connectivity index (χ0n) is 28.1. The van der Waals surface area contributed by atoms with E-state index in [1.165, 1.54) is 11.7 Å². The molecule has 266 valence electrons. The molecule has 0 unspecified atom stereocenters. The van der Waals surface area contributed by atoms with E-state index >= 15 is 0 Å². The van der Waals surface area contributed by atoms with Crippen LogP contribution in [0.2, 0.25) is 0 Å². The average Bonchev–Trinajstić information content (AvgIpc) is 3.66. The number of rotatable bonds is 15. The molecular weight excluding hydrogens is 664 g/mol. The zero-order valence-corrected chi connectivity index (χ0v) is 28.1. The lowest BCUT2D eigenvalue weighted by atomic mass is 10.1. The van der Waals surface area contributed by atoms with E-state index in [1.807, 2.05) is 12.1 Å². The molecule has 0 bridgehead atoms. The first kappa shape index (κ1) is 35.9. The number of benzene rings is 2. The first-order valence-corrected chi connectivity index (χ1v) is 15.4. The van der Waals surface area contributed by atoms with Crippen LogP contribution in [-0.2, 0) is 22.6 Å². The number of fused-ring (bicyclic) bond motifs is 2. The van der Waals surface area contributed by atoms with Gasteiger partial charge in [-0.1, -0.05) is 48.5 Å². The van der Waals surface area contributed by atoms with Gasteiger partial charge >= 0.3 is 17.7 Å². The largest absolute Gasteiger partial charge is 0.468 e. The number of aromatic amines is 1. The minimum Gasteiger partial charge on any atom is -0.468 e. The number of aromatic nitrogens is 8. The Morgan fingerprint density at radius 1 is 0.667 bits per heavy atom. The van der Waals surface area contributed by atoms with Crippen LogP contribution < -0.4 is 31.4 Å². The number of nitrogen functional groups attached to an aromatic ring is 2. The molecule has 0 aliphatic rings. The van der Waals surface area contributed by atoms with Crippen molar-refractivity contribution in [1.29, 1.82) is 0 Å². The molecule has 6 rings (SSSR count). The number of nitrogens with two attached hydrogens (primary N) is 2. The summed E-state index contributed by atoms with van der Waals surface area (Å²) in [4.78, 5) is 57.6. The highest BCUT2D eigenvalue weighted by Gasteiger charge is 2.19. The fourth-order valence-corrected chi connectivity index (χ4v) is 4.79. The summed E-state index contributed by atoms with van der Waals surface area (Å²) in [6.45, 7) is 2.07. The van der Waals surface area contributed by atoms with Crippen molar-refractivity contribution < 1.29 is 33.3 Å². The lowest BCUT2D eigenvalue weighted by Crippen LogP contribution is -2.18. The van der Waals surface area contributed by atoms with Crippen LogP contribution in [-0.4, -0.2) is 99.4 Å². The van der Waals surface area contributed by atoms with E-state index in [0.29, 0.717) is 65.8 Å². The number of carbonyl (C=O) groups excluding carboxylic acids is 2. The Morgan fingerprint density at radius 2 is 1.18 bits per heavy atom. The summed E-state index contributed by atoms with van der Waals surface area (Å²) in [5.41, 5.74) is 16.1. The van der Waals surface area contributed by atoms with Gasteiger partial charge in [-0.2, -0.15) is 24.9 Å². The maximum Gasteiger partial charge on any atom is 0.328 e. The molecule has 6 aromatic rings. The molecule has 0 fully saturated rings. The number of imidazole rings is 2. The number of hydrogen-bond donors (Lipinski definition) is 3. The van der Waals surface area contributed by atoms with Crippen molar-refractivity contribution in [2.45, 2.75) is 13.1 Å². The summed E-state index contributed by atoms with van der Waals surface area (Å²) in [5.74, 6) is 0.334. The monoisotopic (exact) mass is 700 g/mol. The summed E-state index contributed by atoms with van der Waals surface area (Å²) in [5, 5.41) is 0. The molecule has 51 heavy (non-hydrogen) atoms. The Labute approximate surface area is 290 Å². The normalized spacial score (nSPS) is 10.9. The first-order chi connectivity index (χ1) is 24.8. The van der Waals surface area contributed by atoms with Crippen molar-refractivity contribution in [2.75, 3.05) is 59.2 Å². The maximum absolute atomic E-state index is 12.3. The van der Waals surface area contributed by atoms with Crippen molar-refractivity contribution in [3.05, 3.63) is 81.3 Å². The van der Waals surface area contributed by atoms with Gasteiger partial charge in [0.1, 0.15) is 31.3 Å². The predicted molar refractivity (Wildman–Crippen MR) is 185 cm³/mol. The molecule has 0 aliphatic heterocycles. The van der Waals surface area contributed by atoms with Gasteiger partial charge in [0.25, 0.3) is 6.01 Å². The van der Waals surface area contributed by atoms with Crippen molar-refractivity contribution in [3.8, 4) is 18.0 Å². The minimum absolute atomic E-state index is 0.0751. The molecule has 4 aromatic heterocycles. The number of nitrogens with one attached hydrogen (secondary N) is 1. The second-order valence-corrected chi connectivity index (χ2v) is 10.8. The molecule has 5 N–H and O–H groups in total. The van der Waals surface area contributed by atoms with Gasteiger partial charge in [-0.25, -0.2) is 4.79 Å². The van der Waals surface area contributed by atoms with Crippen LogP contribution >= 0.6 is 0 Å². The number of ether oxygens (including phenoxy) is 5. The highest BCUT2D eigenvalue weighted by molar-refractivity contribution is 5.83. The number of hydrogen-bond acceptors (Lipinski definition) is 15. The van der Waals surface area contributed by atoms with Crippen LogP contribution in [0.1, 0.15) is 31.8 Å². The lowest BCUT2D eigenvalue weighted by Gasteiger charge is -2.09. The van der Waals surface area contributed by atoms with Crippen LogP contribution in [0, 0.1) is 0 Å². The van der Waals surface area contributed by atoms with Gasteiger partial charge in [0.05, 0.1) is 33.4 Å². The fourth-order valence-electron chi connectivity index (χ4n) is 4.79. The predicted octanol–water partition coefficient (Wildman–Crippen LogP) is 1.89. The van der Waals surface area contributed by atoms with Crippen LogP contribution in [0.4, 0.5) is 11.6 Å². The first-order valence-electron chi connectivity index (χ1n) is 15.4. The molecule has 18 nitrogen and oxygen atoms in total. The summed E-state index contributed by atoms with van der Waals surface area (Å²) in [7, 11) is 4.66. The quantitative estimate of drug-likeness (QED) is 0.102. The third kappa shape index (κ3) is 8.61. The summed E-state index contributed by atoms with van der Waals surface area (Å²) in [6.07, 6.45) is 1.56. The molecule has 4 heterocycles. The van der Waals surface area contributed by atoms with E-state index in [2.05, 4.69) is 29.9 Å². The zero-order chi connectivity index (χ0) is 36.3. The number of methoxy groups -OCH3 is 3. The number of aldehydes is 2. The molecule has 0 saturated carbocycles. The molecule has 0 saturated heterocycles. The van der Waals surface area contributed by atoms with Gasteiger partial charge in [-0.15, -0.1) is 0 Å². The van der Waals surface area contributed by atoms with E-state index in [4.69, 9.17) is 35.2 Å². The Kier molecular flexibility index (Phi) is 11.8. The Bertz CT molecular complexity index is 2160. The van der Waals surface area contributed by atoms with Gasteiger partial charge in [-0.3, -0.25) is 18.7 Å². The van der Waals surface area contributed by atoms with Crippen molar-refractivity contribution in [2.24, 2.45) is 0 Å². The number of carbonyl (C=O) groups is 2. The van der Waals surface area contributed by atoms with E-state index < -0.39 is 0 Å². The van der Waals surface area contributed by atoms with Crippen LogP contribution in [0.15, 0.2) is 53.3 Å². The van der Waals surface area contributed by atoms with Gasteiger partial charge in [0, 0.05) is 25.3 Å². The molecule has 0 spiro atoms. The van der Waals surface area contributed by atoms with E-state index in [0.717, 1.165) is 23.7 Å². The minimum atomic E-state index is -0.357. The lowest BCUT2D eigenvalue weighted by molar-refractivity contribution is 0.111. The molecule has 0 amide bonds. The number of H-pyrrole nitrogens is 1. The molecule has 0 atom stereocenters. The second kappa shape index (κ2) is 16.8. The van der Waals surface area contributed by atoms with Crippen molar-refractivity contribution >= 4 is 46.5 Å². The topological polar surface area (TPSA) is 240 Å². The van der Waals surface area contributed by atoms with Crippen molar-refractivity contribution in [1.82, 2.24) is 39.0 Å². The SMILES string of the molecule is COCCOc1nc(N)c2[nH]c(=O)n(Cc3ccc(C=O)cc3)c2n1.COCCOc1nc(N)c2nc(OC)n(Cc3ccc(C=O)cc3)c2n1.